The second-order valence-electron chi connectivity index (χ2n) is 7.27. The Balaban J connectivity index is 1.76. The van der Waals surface area contributed by atoms with Gasteiger partial charge in [-0.05, 0) is 45.5 Å². The minimum Gasteiger partial charge on any atom is -0.380 e. The van der Waals surface area contributed by atoms with Crippen molar-refractivity contribution in [2.45, 2.75) is 33.2 Å². The summed E-state index contributed by atoms with van der Waals surface area (Å²) in [5.74, 6) is 0. The number of aryl methyl sites for hydroxylation is 2. The van der Waals surface area contributed by atoms with E-state index >= 15 is 0 Å². The first-order chi connectivity index (χ1) is 14.0. The highest BCUT2D eigenvalue weighted by Gasteiger charge is 2.12. The van der Waals surface area contributed by atoms with Crippen molar-refractivity contribution >= 4 is 16.9 Å². The van der Waals surface area contributed by atoms with Crippen molar-refractivity contribution in [3.63, 3.8) is 0 Å². The second-order valence-corrected chi connectivity index (χ2v) is 7.27. The first-order valence-corrected chi connectivity index (χ1v) is 9.79. The molecule has 0 aliphatic carbocycles. The molecule has 0 aliphatic rings. The molecule has 4 heterocycles. The maximum absolute atomic E-state index is 12.8. The normalized spacial score (nSPS) is 12.6. The molecule has 4 aromatic rings. The number of nitrogens with one attached hydrogen (secondary N) is 2. The highest BCUT2D eigenvalue weighted by molar-refractivity contribution is 5.66. The molecule has 0 amide bonds. The summed E-state index contributed by atoms with van der Waals surface area (Å²) < 4.78 is 3.37. The molecule has 29 heavy (non-hydrogen) atoms. The van der Waals surface area contributed by atoms with E-state index in [4.69, 9.17) is 0 Å². The van der Waals surface area contributed by atoms with Crippen molar-refractivity contribution in [2.75, 3.05) is 18.9 Å². The zero-order valence-corrected chi connectivity index (χ0v) is 17.1. The average molecular weight is 391 g/mol. The van der Waals surface area contributed by atoms with Crippen LogP contribution in [-0.2, 0) is 6.42 Å². The fraction of sp³-hybridized carbons (Fsp3) is 0.333. The van der Waals surface area contributed by atoms with Gasteiger partial charge in [0.25, 0.3) is 5.56 Å². The lowest BCUT2D eigenvalue weighted by molar-refractivity contribution is 0.700. The number of hydrogen-bond donors (Lipinski definition) is 2. The van der Waals surface area contributed by atoms with Gasteiger partial charge in [-0.25, -0.2) is 9.50 Å². The Morgan fingerprint density at radius 1 is 1.14 bits per heavy atom. The molecule has 0 radical (unpaired) electrons. The van der Waals surface area contributed by atoms with Crippen molar-refractivity contribution in [3.05, 3.63) is 58.4 Å². The molecule has 0 fully saturated rings. The van der Waals surface area contributed by atoms with Crippen LogP contribution < -0.4 is 16.2 Å². The molecule has 1 unspecified atom stereocenters. The van der Waals surface area contributed by atoms with Crippen molar-refractivity contribution < 1.29 is 0 Å². The number of fused-ring (bicyclic) bond motifs is 2. The molecular formula is C21H25N7O. The van der Waals surface area contributed by atoms with E-state index < -0.39 is 0 Å². The highest BCUT2D eigenvalue weighted by Crippen LogP contribution is 2.20. The van der Waals surface area contributed by atoms with E-state index in [-0.39, 0.29) is 11.6 Å². The highest BCUT2D eigenvalue weighted by atomic mass is 16.1. The standard InChI is InChI=1S/C21H25N7O/c1-5-16-19-8-18(26-28(19)11-14(3)24-16)17-9-21(29)27-12-15(6-7-20(27)25-17)23-13(2)10-22-4/h6-9,11-13,22-23H,5,10H2,1-4H3. The molecule has 8 nitrogen and oxygen atoms in total. The first-order valence-electron chi connectivity index (χ1n) is 9.79. The van der Waals surface area contributed by atoms with Crippen LogP contribution in [0.1, 0.15) is 25.2 Å². The molecule has 0 bridgehead atoms. The van der Waals surface area contributed by atoms with Gasteiger partial charge in [0.1, 0.15) is 11.3 Å². The number of hydrogen-bond acceptors (Lipinski definition) is 6. The smallest absolute Gasteiger partial charge is 0.258 e. The predicted octanol–water partition coefficient (Wildman–Crippen LogP) is 2.29. The van der Waals surface area contributed by atoms with E-state index in [1.807, 2.05) is 42.9 Å². The lowest BCUT2D eigenvalue weighted by Crippen LogP contribution is -2.28. The maximum atomic E-state index is 12.8. The van der Waals surface area contributed by atoms with Gasteiger partial charge in [-0.3, -0.25) is 14.2 Å². The van der Waals surface area contributed by atoms with Crippen molar-refractivity contribution in [1.82, 2.24) is 29.3 Å². The largest absolute Gasteiger partial charge is 0.380 e. The predicted molar refractivity (Wildman–Crippen MR) is 115 cm³/mol. The van der Waals surface area contributed by atoms with E-state index in [1.54, 1.807) is 10.6 Å². The van der Waals surface area contributed by atoms with E-state index in [0.29, 0.717) is 17.0 Å². The monoisotopic (exact) mass is 391 g/mol. The van der Waals surface area contributed by atoms with Gasteiger partial charge in [0, 0.05) is 24.8 Å². The van der Waals surface area contributed by atoms with E-state index in [1.165, 1.54) is 6.07 Å². The Morgan fingerprint density at radius 3 is 2.72 bits per heavy atom. The van der Waals surface area contributed by atoms with Gasteiger partial charge in [-0.2, -0.15) is 5.10 Å². The quantitative estimate of drug-likeness (QED) is 0.524. The van der Waals surface area contributed by atoms with Crippen molar-refractivity contribution in [1.29, 1.82) is 0 Å². The Morgan fingerprint density at radius 2 is 1.97 bits per heavy atom. The van der Waals surface area contributed by atoms with Crippen LogP contribution in [0.25, 0.3) is 22.6 Å². The summed E-state index contributed by atoms with van der Waals surface area (Å²) in [5, 5.41) is 11.1. The number of nitrogens with zero attached hydrogens (tertiary/aromatic N) is 5. The summed E-state index contributed by atoms with van der Waals surface area (Å²) in [6.07, 6.45) is 4.48. The van der Waals surface area contributed by atoms with Gasteiger partial charge >= 0.3 is 0 Å². The van der Waals surface area contributed by atoms with E-state index in [0.717, 1.165) is 35.6 Å². The van der Waals surface area contributed by atoms with E-state index in [9.17, 15) is 4.79 Å². The molecular weight excluding hydrogens is 366 g/mol. The molecule has 2 N–H and O–H groups in total. The van der Waals surface area contributed by atoms with E-state index in [2.05, 4.69) is 39.5 Å². The van der Waals surface area contributed by atoms with Crippen LogP contribution in [0.4, 0.5) is 5.69 Å². The third-order valence-corrected chi connectivity index (χ3v) is 4.83. The van der Waals surface area contributed by atoms with Crippen molar-refractivity contribution in [2.24, 2.45) is 0 Å². The van der Waals surface area contributed by atoms with Gasteiger partial charge in [-0.15, -0.1) is 0 Å². The number of aromatic nitrogens is 5. The SMILES string of the molecule is CCc1nc(C)cn2nc(-c3cc(=O)n4cc(NC(C)CNC)ccc4n3)cc12. The zero-order chi connectivity index (χ0) is 20.5. The lowest BCUT2D eigenvalue weighted by atomic mass is 10.2. The van der Waals surface area contributed by atoms with Crippen LogP contribution in [0, 0.1) is 6.92 Å². The Kier molecular flexibility index (Phi) is 5.02. The van der Waals surface area contributed by atoms with Crippen LogP contribution in [0.15, 0.2) is 41.5 Å². The van der Waals surface area contributed by atoms with Crippen LogP contribution in [0.3, 0.4) is 0 Å². The molecule has 0 aromatic carbocycles. The lowest BCUT2D eigenvalue weighted by Gasteiger charge is -2.15. The van der Waals surface area contributed by atoms with Gasteiger partial charge < -0.3 is 10.6 Å². The Bertz CT molecular complexity index is 1240. The topological polar surface area (TPSA) is 88.6 Å². The number of pyridine rings is 1. The van der Waals surface area contributed by atoms with Crippen molar-refractivity contribution in [3.8, 4) is 11.4 Å². The fourth-order valence-electron chi connectivity index (χ4n) is 3.53. The molecule has 4 rings (SSSR count). The molecule has 0 saturated carbocycles. The third-order valence-electron chi connectivity index (χ3n) is 4.83. The van der Waals surface area contributed by atoms with Gasteiger partial charge in [0.2, 0.25) is 0 Å². The third kappa shape index (κ3) is 3.71. The molecule has 0 aliphatic heterocycles. The minimum absolute atomic E-state index is 0.142. The molecule has 0 spiro atoms. The summed E-state index contributed by atoms with van der Waals surface area (Å²) >= 11 is 0. The summed E-state index contributed by atoms with van der Waals surface area (Å²) in [6.45, 7) is 6.92. The summed E-state index contributed by atoms with van der Waals surface area (Å²) in [5.41, 5.74) is 5.36. The molecule has 0 saturated heterocycles. The fourth-order valence-corrected chi connectivity index (χ4v) is 3.53. The molecule has 150 valence electrons. The second kappa shape index (κ2) is 7.63. The summed E-state index contributed by atoms with van der Waals surface area (Å²) in [6, 6.07) is 7.49. The number of rotatable bonds is 6. The van der Waals surface area contributed by atoms with Gasteiger partial charge in [0.05, 0.1) is 34.5 Å². The van der Waals surface area contributed by atoms with Gasteiger partial charge in [0.15, 0.2) is 0 Å². The molecule has 1 atom stereocenters. The Hall–Kier alpha value is -3.26. The van der Waals surface area contributed by atoms with Gasteiger partial charge in [-0.1, -0.05) is 6.92 Å². The molecule has 8 heteroatoms. The average Bonchev–Trinajstić information content (AvgIpc) is 3.11. The Labute approximate surface area is 168 Å². The zero-order valence-electron chi connectivity index (χ0n) is 17.1. The maximum Gasteiger partial charge on any atom is 0.258 e. The summed E-state index contributed by atoms with van der Waals surface area (Å²) in [4.78, 5) is 22.0. The minimum atomic E-state index is -0.142. The van der Waals surface area contributed by atoms with Crippen LogP contribution in [0.2, 0.25) is 0 Å². The van der Waals surface area contributed by atoms with Crippen LogP contribution >= 0.6 is 0 Å². The van der Waals surface area contributed by atoms with Crippen LogP contribution in [-0.4, -0.2) is 43.6 Å². The molecule has 4 aromatic heterocycles. The van der Waals surface area contributed by atoms with Crippen LogP contribution in [0.5, 0.6) is 0 Å². The summed E-state index contributed by atoms with van der Waals surface area (Å²) in [7, 11) is 1.91. The first kappa shape index (κ1) is 19.1. The number of likely N-dealkylation sites (N-methyl/N-ethyl adjacent to an activating group) is 1. The number of anilines is 1.